The number of Topliss-reactive ketones (excluding diaryl/α,β-unsaturated/α-hetero) is 1. The van der Waals surface area contributed by atoms with Crippen molar-refractivity contribution in [1.82, 2.24) is 14.2 Å². The highest BCUT2D eigenvalue weighted by Gasteiger charge is 2.53. The van der Waals surface area contributed by atoms with Crippen molar-refractivity contribution in [1.29, 1.82) is 0 Å². The molecule has 2 unspecified atom stereocenters. The topological polar surface area (TPSA) is 131 Å². The van der Waals surface area contributed by atoms with Gasteiger partial charge in [-0.05, 0) is 36.4 Å². The highest BCUT2D eigenvalue weighted by atomic mass is 32.2. The standard InChI is InChI=1S/C20H22N4O5S2/c21-20(27)14-7-10-30-17(14)4-5-18(26)23-9-6-15-19(23)16(25)11-24(15)31(28,29)12-13-3-1-2-8-22-13/h1-3,7-8,10,15,19H,4-6,9,11-12H2,(H2,21,27). The van der Waals surface area contributed by atoms with Crippen LogP contribution in [0.4, 0.5) is 0 Å². The number of hydrogen-bond acceptors (Lipinski definition) is 7. The number of sulfonamides is 1. The van der Waals surface area contributed by atoms with Gasteiger partial charge in [0.05, 0.1) is 23.8 Å². The van der Waals surface area contributed by atoms with E-state index in [0.29, 0.717) is 30.6 Å². The van der Waals surface area contributed by atoms with Crippen molar-refractivity contribution >= 4 is 39.0 Å². The predicted molar refractivity (Wildman–Crippen MR) is 114 cm³/mol. The van der Waals surface area contributed by atoms with Crippen molar-refractivity contribution in [3.63, 3.8) is 0 Å². The van der Waals surface area contributed by atoms with Crippen LogP contribution < -0.4 is 5.73 Å². The summed E-state index contributed by atoms with van der Waals surface area (Å²) in [5, 5.41) is 1.75. The number of primary amides is 1. The third-order valence-corrected chi connectivity index (χ3v) is 8.44. The smallest absolute Gasteiger partial charge is 0.249 e. The summed E-state index contributed by atoms with van der Waals surface area (Å²) in [7, 11) is -3.75. The van der Waals surface area contributed by atoms with Crippen molar-refractivity contribution < 1.29 is 22.8 Å². The van der Waals surface area contributed by atoms with Crippen LogP contribution in [-0.4, -0.2) is 65.4 Å². The number of thiophene rings is 1. The van der Waals surface area contributed by atoms with Crippen LogP contribution >= 0.6 is 11.3 Å². The molecule has 2 aromatic rings. The number of aromatic nitrogens is 1. The minimum absolute atomic E-state index is 0.123. The summed E-state index contributed by atoms with van der Waals surface area (Å²) in [6.45, 7) is 0.0909. The number of amides is 2. The minimum atomic E-state index is -3.75. The first-order chi connectivity index (χ1) is 14.8. The van der Waals surface area contributed by atoms with Gasteiger partial charge in [-0.3, -0.25) is 19.4 Å². The van der Waals surface area contributed by atoms with Crippen LogP contribution in [0.5, 0.6) is 0 Å². The average Bonchev–Trinajstić information content (AvgIpc) is 3.43. The average molecular weight is 463 g/mol. The Labute approximate surface area is 183 Å². The van der Waals surface area contributed by atoms with E-state index in [0.717, 1.165) is 4.88 Å². The van der Waals surface area contributed by atoms with Gasteiger partial charge in [-0.25, -0.2) is 8.42 Å². The van der Waals surface area contributed by atoms with E-state index in [-0.39, 0.29) is 30.4 Å². The molecule has 2 amide bonds. The molecular formula is C20H22N4O5S2. The summed E-state index contributed by atoms with van der Waals surface area (Å²) in [5.41, 5.74) is 6.16. The van der Waals surface area contributed by atoms with Crippen LogP contribution in [0.3, 0.4) is 0 Å². The van der Waals surface area contributed by atoms with E-state index in [2.05, 4.69) is 4.98 Å². The molecule has 4 rings (SSSR count). The fraction of sp³-hybridized carbons (Fsp3) is 0.400. The summed E-state index contributed by atoms with van der Waals surface area (Å²) in [5.74, 6) is -1.32. The molecule has 2 saturated heterocycles. The van der Waals surface area contributed by atoms with Crippen molar-refractivity contribution in [3.8, 4) is 0 Å². The Balaban J connectivity index is 1.44. The second-order valence-electron chi connectivity index (χ2n) is 7.60. The Morgan fingerprint density at radius 1 is 1.26 bits per heavy atom. The molecule has 164 valence electrons. The molecule has 2 aliphatic heterocycles. The first kappa shape index (κ1) is 21.6. The molecule has 0 aliphatic carbocycles. The minimum Gasteiger partial charge on any atom is -0.366 e. The zero-order chi connectivity index (χ0) is 22.2. The zero-order valence-electron chi connectivity index (χ0n) is 16.6. The quantitative estimate of drug-likeness (QED) is 0.640. The molecule has 11 heteroatoms. The zero-order valence-corrected chi connectivity index (χ0v) is 18.3. The van der Waals surface area contributed by atoms with Gasteiger partial charge in [0.15, 0.2) is 5.78 Å². The Bertz CT molecular complexity index is 1120. The summed E-state index contributed by atoms with van der Waals surface area (Å²) < 4.78 is 27.1. The lowest BCUT2D eigenvalue weighted by atomic mass is 10.1. The molecule has 0 spiro atoms. The summed E-state index contributed by atoms with van der Waals surface area (Å²) in [6.07, 6.45) is 2.40. The van der Waals surface area contributed by atoms with E-state index in [1.54, 1.807) is 29.6 Å². The Kier molecular flexibility index (Phi) is 5.91. The van der Waals surface area contributed by atoms with Crippen molar-refractivity contribution in [2.45, 2.75) is 37.1 Å². The Morgan fingerprint density at radius 3 is 2.77 bits per heavy atom. The number of ketones is 1. The molecule has 2 N–H and O–H groups in total. The number of aryl methyl sites for hydroxylation is 1. The monoisotopic (exact) mass is 462 g/mol. The van der Waals surface area contributed by atoms with E-state index in [9.17, 15) is 22.8 Å². The van der Waals surface area contributed by atoms with Crippen LogP contribution in [0, 0.1) is 0 Å². The van der Waals surface area contributed by atoms with Gasteiger partial charge in [-0.15, -0.1) is 11.3 Å². The number of nitrogens with zero attached hydrogens (tertiary/aromatic N) is 3. The fourth-order valence-electron chi connectivity index (χ4n) is 4.29. The third kappa shape index (κ3) is 4.25. The van der Waals surface area contributed by atoms with Gasteiger partial charge in [0, 0.05) is 24.0 Å². The molecule has 2 aliphatic rings. The van der Waals surface area contributed by atoms with Crippen LogP contribution in [-0.2, 0) is 31.8 Å². The number of fused-ring (bicyclic) bond motifs is 1. The highest BCUT2D eigenvalue weighted by Crippen LogP contribution is 2.33. The highest BCUT2D eigenvalue weighted by molar-refractivity contribution is 7.88. The van der Waals surface area contributed by atoms with Gasteiger partial charge in [-0.2, -0.15) is 4.31 Å². The van der Waals surface area contributed by atoms with Gasteiger partial charge in [0.25, 0.3) is 0 Å². The maximum absolute atomic E-state index is 12.9. The van der Waals surface area contributed by atoms with E-state index in [4.69, 9.17) is 5.73 Å². The molecule has 2 fully saturated rings. The molecule has 0 aromatic carbocycles. The fourth-order valence-corrected chi connectivity index (χ4v) is 6.84. The number of likely N-dealkylation sites (tertiary alicyclic amines) is 1. The molecular weight excluding hydrogens is 440 g/mol. The van der Waals surface area contributed by atoms with Gasteiger partial charge in [0.2, 0.25) is 21.8 Å². The van der Waals surface area contributed by atoms with Crippen LogP contribution in [0.15, 0.2) is 35.8 Å². The second kappa shape index (κ2) is 8.48. The molecule has 4 heterocycles. The predicted octanol–water partition coefficient (Wildman–Crippen LogP) is 0.559. The number of nitrogens with two attached hydrogens (primary N) is 1. The molecule has 2 aromatic heterocycles. The lowest BCUT2D eigenvalue weighted by molar-refractivity contribution is -0.136. The molecule has 0 saturated carbocycles. The van der Waals surface area contributed by atoms with E-state index in [1.807, 2.05) is 0 Å². The normalized spacial score (nSPS) is 21.4. The number of pyridine rings is 1. The summed E-state index contributed by atoms with van der Waals surface area (Å²) in [4.78, 5) is 43.3. The van der Waals surface area contributed by atoms with Crippen LogP contribution in [0.1, 0.15) is 33.8 Å². The van der Waals surface area contributed by atoms with Crippen molar-refractivity contribution in [2.75, 3.05) is 13.1 Å². The van der Waals surface area contributed by atoms with Gasteiger partial charge in [0.1, 0.15) is 11.8 Å². The van der Waals surface area contributed by atoms with Crippen molar-refractivity contribution in [3.05, 3.63) is 52.0 Å². The van der Waals surface area contributed by atoms with Crippen molar-refractivity contribution in [2.24, 2.45) is 5.73 Å². The molecule has 9 nitrogen and oxygen atoms in total. The summed E-state index contributed by atoms with van der Waals surface area (Å²) in [6, 6.07) is 5.36. The van der Waals surface area contributed by atoms with Crippen LogP contribution in [0.25, 0.3) is 0 Å². The Hall–Kier alpha value is -2.63. The molecule has 0 bridgehead atoms. The molecule has 2 atom stereocenters. The van der Waals surface area contributed by atoms with E-state index >= 15 is 0 Å². The largest absolute Gasteiger partial charge is 0.366 e. The number of hydrogen-bond donors (Lipinski definition) is 1. The first-order valence-electron chi connectivity index (χ1n) is 9.85. The number of carbonyl (C=O) groups is 3. The summed E-state index contributed by atoms with van der Waals surface area (Å²) >= 11 is 1.36. The van der Waals surface area contributed by atoms with Crippen LogP contribution in [0.2, 0.25) is 0 Å². The van der Waals surface area contributed by atoms with E-state index in [1.165, 1.54) is 26.7 Å². The van der Waals surface area contributed by atoms with E-state index < -0.39 is 28.0 Å². The number of carbonyl (C=O) groups excluding carboxylic acids is 3. The SMILES string of the molecule is NC(=O)c1ccsc1CCC(=O)N1CCC2C1C(=O)CN2S(=O)(=O)Cc1ccccn1. The first-order valence-corrected chi connectivity index (χ1v) is 12.3. The maximum Gasteiger partial charge on any atom is 0.249 e. The Morgan fingerprint density at radius 2 is 2.06 bits per heavy atom. The number of rotatable bonds is 7. The molecule has 31 heavy (non-hydrogen) atoms. The van der Waals surface area contributed by atoms with Gasteiger partial charge < -0.3 is 10.6 Å². The third-order valence-electron chi connectivity index (χ3n) is 5.69. The lowest BCUT2D eigenvalue weighted by Gasteiger charge is -2.24. The molecule has 0 radical (unpaired) electrons. The van der Waals surface area contributed by atoms with Gasteiger partial charge >= 0.3 is 0 Å². The van der Waals surface area contributed by atoms with Gasteiger partial charge in [-0.1, -0.05) is 6.07 Å². The second-order valence-corrected chi connectivity index (χ2v) is 10.5. The maximum atomic E-state index is 12.9. The lowest BCUT2D eigenvalue weighted by Crippen LogP contribution is -2.43.